The minimum absolute atomic E-state index is 0.0685. The van der Waals surface area contributed by atoms with E-state index in [1.165, 1.54) is 24.3 Å². The highest BCUT2D eigenvalue weighted by Crippen LogP contribution is 2.38. The smallest absolute Gasteiger partial charge is 0.394 e. The van der Waals surface area contributed by atoms with Gasteiger partial charge in [0.05, 0.1) is 19.0 Å². The first-order valence-corrected chi connectivity index (χ1v) is 16.1. The Labute approximate surface area is 265 Å². The molecule has 1 fully saturated rings. The summed E-state index contributed by atoms with van der Waals surface area (Å²) < 4.78 is 15.6. The highest BCUT2D eigenvalue weighted by Gasteiger charge is 2.37. The lowest BCUT2D eigenvalue weighted by molar-refractivity contribution is -0.139. The average Bonchev–Trinajstić information content (AvgIpc) is 3.64. The van der Waals surface area contributed by atoms with Crippen molar-refractivity contribution in [2.45, 2.75) is 89.7 Å². The van der Waals surface area contributed by atoms with E-state index in [2.05, 4.69) is 35.8 Å². The summed E-state index contributed by atoms with van der Waals surface area (Å²) in [5.41, 5.74) is 5.66. The quantitative estimate of drug-likeness (QED) is 0.0744. The van der Waals surface area contributed by atoms with Crippen molar-refractivity contribution in [3.8, 4) is 0 Å². The van der Waals surface area contributed by atoms with Crippen LogP contribution >= 0.6 is 7.82 Å². The Morgan fingerprint density at radius 1 is 1.04 bits per heavy atom. The van der Waals surface area contributed by atoms with Crippen molar-refractivity contribution in [2.75, 3.05) is 13.2 Å². The number of phosphoric ester groups is 1. The fourth-order valence-electron chi connectivity index (χ4n) is 4.90. The highest BCUT2D eigenvalue weighted by atomic mass is 31.2. The number of hydrogen-bond donors (Lipinski definition) is 9. The second-order valence-electron chi connectivity index (χ2n) is 11.3. The van der Waals surface area contributed by atoms with Crippen LogP contribution in [-0.4, -0.2) is 115 Å². The number of rotatable bonds is 17. The van der Waals surface area contributed by atoms with Gasteiger partial charge < -0.3 is 51.8 Å². The van der Waals surface area contributed by atoms with E-state index in [0.717, 1.165) is 6.92 Å². The molecule has 1 saturated heterocycles. The van der Waals surface area contributed by atoms with Crippen LogP contribution in [0, 0.1) is 5.92 Å². The third-order valence-electron chi connectivity index (χ3n) is 7.10. The number of aliphatic hydroxyl groups is 1. The molecular formula is C26H43N8O11P. The topological polar surface area (TPSA) is 295 Å². The Balaban J connectivity index is 2.23. The van der Waals surface area contributed by atoms with Gasteiger partial charge in [-0.2, -0.15) is 0 Å². The summed E-state index contributed by atoms with van der Waals surface area (Å²) in [5, 5.41) is 19.5. The zero-order valence-electron chi connectivity index (χ0n) is 26.0. The Hall–Kier alpha value is -3.90. The molecule has 1 aliphatic rings. The van der Waals surface area contributed by atoms with Gasteiger partial charge in [0.1, 0.15) is 30.2 Å². The number of carbonyl (C=O) groups is 6. The van der Waals surface area contributed by atoms with Gasteiger partial charge in [0.15, 0.2) is 0 Å². The van der Waals surface area contributed by atoms with Gasteiger partial charge >= 0.3 is 7.82 Å². The zero-order chi connectivity index (χ0) is 34.8. The van der Waals surface area contributed by atoms with Crippen LogP contribution in [0.4, 0.5) is 0 Å². The average molecular weight is 675 g/mol. The molecule has 20 heteroatoms. The maximum Gasteiger partial charge on any atom is 0.469 e. The van der Waals surface area contributed by atoms with Crippen LogP contribution in [0.5, 0.6) is 0 Å². The molecule has 0 aromatic carbocycles. The molecule has 6 atom stereocenters. The predicted molar refractivity (Wildman–Crippen MR) is 159 cm³/mol. The molecule has 2 rings (SSSR count). The van der Waals surface area contributed by atoms with Gasteiger partial charge in [0, 0.05) is 31.8 Å². The minimum Gasteiger partial charge on any atom is -0.394 e. The number of nitrogens with two attached hydrogens (primary N) is 1. The summed E-state index contributed by atoms with van der Waals surface area (Å²) in [5.74, 6) is -4.89. The summed E-state index contributed by atoms with van der Waals surface area (Å²) in [6.07, 6.45) is 2.23. The van der Waals surface area contributed by atoms with Crippen molar-refractivity contribution in [3.05, 3.63) is 18.2 Å². The third kappa shape index (κ3) is 11.8. The molecule has 6 amide bonds. The second-order valence-corrected chi connectivity index (χ2v) is 12.5. The number of amides is 6. The first-order valence-electron chi connectivity index (χ1n) is 14.5. The molecule has 19 nitrogen and oxygen atoms in total. The van der Waals surface area contributed by atoms with Crippen LogP contribution in [0.25, 0.3) is 0 Å². The van der Waals surface area contributed by atoms with E-state index in [1.807, 2.05) is 13.8 Å². The number of primary amides is 1. The summed E-state index contributed by atoms with van der Waals surface area (Å²) in [6.45, 7) is 5.50. The third-order valence-corrected chi connectivity index (χ3v) is 7.71. The van der Waals surface area contributed by atoms with Crippen LogP contribution in [-0.2, 0) is 44.3 Å². The molecule has 0 radical (unpaired) electrons. The largest absolute Gasteiger partial charge is 0.469 e. The number of aliphatic hydroxyl groups excluding tert-OH is 1. The Bertz CT molecular complexity index is 1290. The van der Waals surface area contributed by atoms with Crippen molar-refractivity contribution in [2.24, 2.45) is 11.7 Å². The molecule has 1 aromatic rings. The number of nitrogens with zero attached hydrogens (tertiary/aromatic N) is 2. The SMILES string of the molecule is CC(=O)N1CCC[C@H]1C(=O)N[C@@H](CC(C)C)C(=O)N[C@@H](Cc1cnc[nH]1)C(=O)N[C@@H](CO)C(=O)N[C@H](C(N)=O)[C@@H](C)OP(=O)(O)O. The standard InChI is InChI=1S/C26H43N8O11P/c1-13(2)8-17(31-26(41)20-6-5-7-34(20)15(4)36)23(38)30-18(9-16-10-28-12-29-16)24(39)32-19(11-35)25(40)33-21(22(27)37)14(3)45-46(42,43)44/h10,12-14,17-21,35H,5-9,11H2,1-4H3,(H2,27,37)(H,28,29)(H,30,38)(H,31,41)(H,32,39)(H,33,40)(H2,42,43,44)/t14-,17+,18+,19+,20+,21+/m1/s1. The van der Waals surface area contributed by atoms with Gasteiger partial charge in [-0.15, -0.1) is 0 Å². The maximum atomic E-state index is 13.5. The van der Waals surface area contributed by atoms with Gasteiger partial charge in [-0.05, 0) is 32.1 Å². The molecule has 258 valence electrons. The van der Waals surface area contributed by atoms with Crippen molar-refractivity contribution in [1.82, 2.24) is 36.1 Å². The van der Waals surface area contributed by atoms with Gasteiger partial charge in [0.2, 0.25) is 35.4 Å². The van der Waals surface area contributed by atoms with E-state index in [4.69, 9.17) is 15.5 Å². The molecule has 0 unspecified atom stereocenters. The normalized spacial score (nSPS) is 18.2. The first kappa shape index (κ1) is 38.3. The number of hydrogen-bond acceptors (Lipinski definition) is 10. The molecule has 2 heterocycles. The number of likely N-dealkylation sites (tertiary alicyclic amines) is 1. The van der Waals surface area contributed by atoms with E-state index in [0.29, 0.717) is 25.1 Å². The number of aromatic amines is 1. The fraction of sp³-hybridized carbons (Fsp3) is 0.654. The minimum atomic E-state index is -5.08. The highest BCUT2D eigenvalue weighted by molar-refractivity contribution is 7.46. The Morgan fingerprint density at radius 2 is 1.65 bits per heavy atom. The summed E-state index contributed by atoms with van der Waals surface area (Å²) in [7, 11) is -5.08. The van der Waals surface area contributed by atoms with Gasteiger partial charge in [-0.3, -0.25) is 33.3 Å². The van der Waals surface area contributed by atoms with Crippen molar-refractivity contribution < 1.29 is 52.7 Å². The van der Waals surface area contributed by atoms with Crippen molar-refractivity contribution >= 4 is 43.3 Å². The monoisotopic (exact) mass is 674 g/mol. The number of phosphoric acid groups is 1. The maximum absolute atomic E-state index is 13.5. The zero-order valence-corrected chi connectivity index (χ0v) is 26.9. The lowest BCUT2D eigenvalue weighted by Crippen LogP contribution is -2.61. The van der Waals surface area contributed by atoms with E-state index in [9.17, 15) is 38.4 Å². The molecule has 10 N–H and O–H groups in total. The van der Waals surface area contributed by atoms with Gasteiger partial charge in [-0.1, -0.05) is 13.8 Å². The molecule has 1 aromatic heterocycles. The Morgan fingerprint density at radius 3 is 2.17 bits per heavy atom. The fourth-order valence-corrected chi connectivity index (χ4v) is 5.46. The van der Waals surface area contributed by atoms with E-state index >= 15 is 0 Å². The molecular weight excluding hydrogens is 631 g/mol. The van der Waals surface area contributed by atoms with E-state index in [1.54, 1.807) is 0 Å². The number of imidazole rings is 1. The number of aromatic nitrogens is 2. The summed E-state index contributed by atoms with van der Waals surface area (Å²) >= 11 is 0. The van der Waals surface area contributed by atoms with Gasteiger partial charge in [-0.25, -0.2) is 9.55 Å². The lowest BCUT2D eigenvalue weighted by atomic mass is 10.0. The van der Waals surface area contributed by atoms with E-state index in [-0.39, 0.29) is 24.7 Å². The molecule has 0 saturated carbocycles. The molecule has 1 aliphatic heterocycles. The second kappa shape index (κ2) is 17.1. The molecule has 0 bridgehead atoms. The van der Waals surface area contributed by atoms with Crippen molar-refractivity contribution in [3.63, 3.8) is 0 Å². The van der Waals surface area contributed by atoms with Gasteiger partial charge in [0.25, 0.3) is 0 Å². The van der Waals surface area contributed by atoms with Crippen LogP contribution in [0.1, 0.15) is 52.7 Å². The molecule has 0 spiro atoms. The predicted octanol–water partition coefficient (Wildman–Crippen LogP) is -3.08. The van der Waals surface area contributed by atoms with Crippen LogP contribution < -0.4 is 27.0 Å². The van der Waals surface area contributed by atoms with Crippen LogP contribution in [0.15, 0.2) is 12.5 Å². The van der Waals surface area contributed by atoms with Crippen molar-refractivity contribution in [1.29, 1.82) is 0 Å². The number of nitrogens with one attached hydrogen (secondary N) is 5. The summed E-state index contributed by atoms with van der Waals surface area (Å²) in [6, 6.07) is -6.67. The van der Waals surface area contributed by atoms with E-state index < -0.39 is 80.3 Å². The molecule has 0 aliphatic carbocycles. The van der Waals surface area contributed by atoms with Crippen LogP contribution in [0.2, 0.25) is 0 Å². The summed E-state index contributed by atoms with van der Waals surface area (Å²) in [4.78, 5) is 103. The molecule has 46 heavy (non-hydrogen) atoms. The lowest BCUT2D eigenvalue weighted by Gasteiger charge is -2.28. The number of carbonyl (C=O) groups excluding carboxylic acids is 6. The number of H-pyrrole nitrogens is 1. The van der Waals surface area contributed by atoms with Crippen LogP contribution in [0.3, 0.4) is 0 Å². The first-order chi connectivity index (χ1) is 21.4. The Kier molecular flexibility index (Phi) is 14.3.